The van der Waals surface area contributed by atoms with Gasteiger partial charge in [0.2, 0.25) is 0 Å². The van der Waals surface area contributed by atoms with Crippen LogP contribution in [0, 0.1) is 10.1 Å². The predicted octanol–water partition coefficient (Wildman–Crippen LogP) is 1.54. The van der Waals surface area contributed by atoms with Gasteiger partial charge < -0.3 is 14.9 Å². The molecule has 18 heavy (non-hydrogen) atoms. The molecule has 0 fully saturated rings. The molecular formula is C10H11BrN4O3. The van der Waals surface area contributed by atoms with Crippen LogP contribution in [-0.4, -0.2) is 22.7 Å². The van der Waals surface area contributed by atoms with Crippen LogP contribution in [0.3, 0.4) is 0 Å². The first-order chi connectivity index (χ1) is 8.52. The number of guanidine groups is 1. The zero-order valence-corrected chi connectivity index (χ0v) is 11.1. The molecule has 0 aromatic heterocycles. The Morgan fingerprint density at radius 2 is 2.11 bits per heavy atom. The molecule has 0 amide bonds. The zero-order chi connectivity index (χ0) is 13.5. The minimum absolute atomic E-state index is 0.0764. The van der Waals surface area contributed by atoms with E-state index in [1.807, 2.05) is 12.1 Å². The van der Waals surface area contributed by atoms with Crippen LogP contribution >= 0.6 is 15.9 Å². The van der Waals surface area contributed by atoms with Crippen molar-refractivity contribution in [2.24, 2.45) is 15.7 Å². The Morgan fingerprint density at radius 1 is 1.50 bits per heavy atom. The van der Waals surface area contributed by atoms with Crippen LogP contribution in [0.2, 0.25) is 0 Å². The second-order valence-corrected chi connectivity index (χ2v) is 3.87. The minimum atomic E-state index is -0.788. The van der Waals surface area contributed by atoms with Crippen molar-refractivity contribution in [3.8, 4) is 5.75 Å². The smallest absolute Gasteiger partial charge is 0.427 e. The van der Waals surface area contributed by atoms with E-state index in [4.69, 9.17) is 10.5 Å². The Hall–Kier alpha value is -1.96. The molecule has 2 N–H and O–H groups in total. The summed E-state index contributed by atoms with van der Waals surface area (Å²) in [7, 11) is 1.58. The summed E-state index contributed by atoms with van der Waals surface area (Å²) in [6, 6.07) is 7.27. The van der Waals surface area contributed by atoms with Crippen molar-refractivity contribution < 1.29 is 9.66 Å². The average Bonchev–Trinajstić information content (AvgIpc) is 2.36. The zero-order valence-electron chi connectivity index (χ0n) is 9.54. The fraction of sp³-hybridized carbons (Fsp3) is 0.200. The third-order valence-corrected chi connectivity index (χ3v) is 2.37. The average molecular weight is 315 g/mol. The first-order valence-corrected chi connectivity index (χ1v) is 5.63. The standard InChI is InChI=1S/C10H11BrN4O3/c1-18-8-4-2-7(3-5-8)6-13-9(11)14-10(12)15(16)17/h2-5H,6H2,1H3,(H2,12,13,14). The monoisotopic (exact) mass is 314 g/mol. The van der Waals surface area contributed by atoms with Crippen molar-refractivity contribution in [2.75, 3.05) is 7.11 Å². The lowest BCUT2D eigenvalue weighted by Gasteiger charge is -2.00. The summed E-state index contributed by atoms with van der Waals surface area (Å²) < 4.78 is 5.09. The number of hydrogen-bond acceptors (Lipinski definition) is 4. The van der Waals surface area contributed by atoms with Crippen molar-refractivity contribution in [2.45, 2.75) is 6.54 Å². The van der Waals surface area contributed by atoms with Crippen LogP contribution in [0.4, 0.5) is 0 Å². The van der Waals surface area contributed by atoms with Gasteiger partial charge in [0.1, 0.15) is 5.75 Å². The summed E-state index contributed by atoms with van der Waals surface area (Å²) in [6.45, 7) is 0.332. The number of nitrogens with two attached hydrogens (primary N) is 1. The Kier molecular flexibility index (Phi) is 5.25. The van der Waals surface area contributed by atoms with Gasteiger partial charge in [-0.1, -0.05) is 12.1 Å². The molecule has 0 aliphatic heterocycles. The van der Waals surface area contributed by atoms with Gasteiger partial charge in [0.05, 0.1) is 13.7 Å². The van der Waals surface area contributed by atoms with E-state index in [9.17, 15) is 10.1 Å². The largest absolute Gasteiger partial charge is 0.497 e. The summed E-state index contributed by atoms with van der Waals surface area (Å²) in [5.41, 5.74) is 5.97. The molecule has 1 aromatic rings. The molecule has 1 rings (SSSR count). The number of ether oxygens (including phenoxy) is 1. The van der Waals surface area contributed by atoms with Gasteiger partial charge in [-0.2, -0.15) is 0 Å². The van der Waals surface area contributed by atoms with E-state index in [-0.39, 0.29) is 4.74 Å². The molecule has 0 atom stereocenters. The summed E-state index contributed by atoms with van der Waals surface area (Å²) >= 11 is 2.99. The van der Waals surface area contributed by atoms with Gasteiger partial charge in [-0.15, -0.1) is 0 Å². The summed E-state index contributed by atoms with van der Waals surface area (Å²) in [4.78, 5) is 16.9. The summed E-state index contributed by atoms with van der Waals surface area (Å²) in [6.07, 6.45) is 0. The van der Waals surface area contributed by atoms with Gasteiger partial charge in [0.25, 0.3) is 4.74 Å². The highest BCUT2D eigenvalue weighted by molar-refractivity contribution is 9.18. The SMILES string of the molecule is COc1ccc(CN=C(Br)/N=C(\N)[N+](=O)[O-])cc1. The van der Waals surface area contributed by atoms with Crippen molar-refractivity contribution in [3.05, 3.63) is 39.9 Å². The van der Waals surface area contributed by atoms with Crippen LogP contribution in [0.5, 0.6) is 5.75 Å². The number of aliphatic imine (C=N–C) groups is 2. The van der Waals surface area contributed by atoms with Crippen molar-refractivity contribution >= 4 is 26.6 Å². The van der Waals surface area contributed by atoms with Gasteiger partial charge in [0.15, 0.2) is 0 Å². The first-order valence-electron chi connectivity index (χ1n) is 4.84. The number of rotatable bonds is 3. The lowest BCUT2D eigenvalue weighted by Crippen LogP contribution is -2.22. The van der Waals surface area contributed by atoms with E-state index in [1.165, 1.54) is 0 Å². The highest BCUT2D eigenvalue weighted by atomic mass is 79.9. The van der Waals surface area contributed by atoms with Crippen LogP contribution in [0.1, 0.15) is 5.56 Å². The lowest BCUT2D eigenvalue weighted by atomic mass is 10.2. The maximum absolute atomic E-state index is 10.2. The summed E-state index contributed by atoms with van der Waals surface area (Å²) in [5, 5.41) is 10.2. The third kappa shape index (κ3) is 4.50. The Bertz CT molecular complexity index is 484. The molecule has 0 aliphatic rings. The number of methoxy groups -OCH3 is 1. The Labute approximate surface area is 112 Å². The van der Waals surface area contributed by atoms with E-state index >= 15 is 0 Å². The van der Waals surface area contributed by atoms with Crippen molar-refractivity contribution in [1.29, 1.82) is 0 Å². The Balaban J connectivity index is 2.67. The molecule has 0 heterocycles. The molecule has 1 aromatic carbocycles. The fourth-order valence-electron chi connectivity index (χ4n) is 1.06. The van der Waals surface area contributed by atoms with Crippen molar-refractivity contribution in [3.63, 3.8) is 0 Å². The predicted molar refractivity (Wildman–Crippen MR) is 71.7 cm³/mol. The molecule has 0 bridgehead atoms. The van der Waals surface area contributed by atoms with Crippen LogP contribution < -0.4 is 10.5 Å². The Morgan fingerprint density at radius 3 is 2.61 bits per heavy atom. The van der Waals surface area contributed by atoms with E-state index in [1.54, 1.807) is 19.2 Å². The highest BCUT2D eigenvalue weighted by Gasteiger charge is 2.05. The number of halogens is 1. The molecule has 0 aliphatic carbocycles. The minimum Gasteiger partial charge on any atom is -0.497 e. The lowest BCUT2D eigenvalue weighted by molar-refractivity contribution is -0.352. The van der Waals surface area contributed by atoms with Gasteiger partial charge in [-0.05, 0) is 27.6 Å². The topological polar surface area (TPSA) is 103 Å². The first kappa shape index (κ1) is 14.1. The maximum Gasteiger partial charge on any atom is 0.427 e. The third-order valence-electron chi connectivity index (χ3n) is 1.95. The van der Waals surface area contributed by atoms with Gasteiger partial charge >= 0.3 is 5.96 Å². The van der Waals surface area contributed by atoms with Gasteiger partial charge in [0, 0.05) is 15.9 Å². The number of nitro groups is 1. The number of nitrogens with zero attached hydrogens (tertiary/aromatic N) is 3. The molecule has 96 valence electrons. The maximum atomic E-state index is 10.2. The van der Waals surface area contributed by atoms with Crippen LogP contribution in [0.15, 0.2) is 34.3 Å². The molecule has 0 saturated carbocycles. The van der Waals surface area contributed by atoms with Crippen molar-refractivity contribution in [1.82, 2.24) is 0 Å². The molecule has 0 spiro atoms. The van der Waals surface area contributed by atoms with Gasteiger partial charge in [-0.3, -0.25) is 5.73 Å². The molecule has 0 unspecified atom stereocenters. The molecule has 0 saturated heterocycles. The van der Waals surface area contributed by atoms with E-state index in [2.05, 4.69) is 25.9 Å². The molecular weight excluding hydrogens is 304 g/mol. The van der Waals surface area contributed by atoms with E-state index in [0.717, 1.165) is 11.3 Å². The number of hydrogen-bond donors (Lipinski definition) is 1. The highest BCUT2D eigenvalue weighted by Crippen LogP contribution is 2.12. The fourth-order valence-corrected chi connectivity index (χ4v) is 1.37. The number of amidine groups is 1. The second kappa shape index (κ2) is 6.70. The van der Waals surface area contributed by atoms with E-state index < -0.39 is 10.9 Å². The van der Waals surface area contributed by atoms with Crippen LogP contribution in [0.25, 0.3) is 0 Å². The quantitative estimate of drug-likeness (QED) is 0.300. The number of benzene rings is 1. The normalized spacial score (nSPS) is 12.3. The molecule has 0 radical (unpaired) electrons. The van der Waals surface area contributed by atoms with Gasteiger partial charge in [-0.25, -0.2) is 4.99 Å². The summed E-state index contributed by atoms with van der Waals surface area (Å²) in [5.74, 6) is 0.0396. The molecule has 7 nitrogen and oxygen atoms in total. The molecule has 8 heteroatoms. The van der Waals surface area contributed by atoms with E-state index in [0.29, 0.717) is 6.54 Å². The second-order valence-electron chi connectivity index (χ2n) is 3.16. The van der Waals surface area contributed by atoms with Crippen LogP contribution in [-0.2, 0) is 6.54 Å².